The van der Waals surface area contributed by atoms with E-state index in [1.807, 2.05) is 12.4 Å². The normalized spacial score (nSPS) is 19.2. The van der Waals surface area contributed by atoms with E-state index >= 15 is 0 Å². The molecule has 2 aliphatic rings. The number of piperidine rings is 1. The first kappa shape index (κ1) is 18.1. The molecule has 27 heavy (non-hydrogen) atoms. The van der Waals surface area contributed by atoms with Crippen molar-refractivity contribution in [2.75, 3.05) is 18.0 Å². The summed E-state index contributed by atoms with van der Waals surface area (Å²) in [5.74, 6) is 0.398. The maximum atomic E-state index is 13.0. The lowest BCUT2D eigenvalue weighted by Crippen LogP contribution is -2.46. The number of nitrogens with zero attached hydrogens (tertiary/aromatic N) is 6. The highest BCUT2D eigenvalue weighted by molar-refractivity contribution is 5.44. The first-order chi connectivity index (χ1) is 13.0. The molecule has 0 N–H and O–H groups in total. The zero-order valence-corrected chi connectivity index (χ0v) is 14.8. The van der Waals surface area contributed by atoms with Crippen LogP contribution in [0.1, 0.15) is 36.9 Å². The van der Waals surface area contributed by atoms with Crippen LogP contribution in [0.4, 0.5) is 19.0 Å². The summed E-state index contributed by atoms with van der Waals surface area (Å²) in [7, 11) is 0. The van der Waals surface area contributed by atoms with E-state index in [0.717, 1.165) is 63.3 Å². The van der Waals surface area contributed by atoms with Crippen molar-refractivity contribution in [2.45, 2.75) is 50.5 Å². The third-order valence-corrected chi connectivity index (χ3v) is 5.12. The monoisotopic (exact) mass is 378 g/mol. The molecule has 1 aliphatic carbocycles. The quantitative estimate of drug-likeness (QED) is 0.797. The van der Waals surface area contributed by atoms with Crippen LogP contribution in [-0.4, -0.2) is 50.0 Å². The molecule has 1 saturated heterocycles. The van der Waals surface area contributed by atoms with Crippen molar-refractivity contribution >= 4 is 5.82 Å². The third-order valence-electron chi connectivity index (χ3n) is 5.12. The van der Waals surface area contributed by atoms with Gasteiger partial charge >= 0.3 is 6.18 Å². The molecule has 144 valence electrons. The summed E-state index contributed by atoms with van der Waals surface area (Å²) in [4.78, 5) is 20.1. The van der Waals surface area contributed by atoms with Gasteiger partial charge in [-0.1, -0.05) is 0 Å². The number of alkyl halides is 3. The minimum atomic E-state index is -4.45. The minimum Gasteiger partial charge on any atom is -0.350 e. The molecule has 2 fully saturated rings. The Hall–Kier alpha value is -2.29. The van der Waals surface area contributed by atoms with Crippen LogP contribution >= 0.6 is 0 Å². The molecule has 2 aromatic rings. The van der Waals surface area contributed by atoms with E-state index in [2.05, 4.69) is 29.7 Å². The standard InChI is InChI=1S/C18H21F3N6/c19-18(20,21)16-7-17(25-12-24-16)27(14-1-2-14)15-3-5-26(6-4-15)10-13-8-22-11-23-9-13/h7-9,11-12,14-15H,1-6,10H2. The summed E-state index contributed by atoms with van der Waals surface area (Å²) < 4.78 is 39.1. The second-order valence-corrected chi connectivity index (χ2v) is 7.15. The summed E-state index contributed by atoms with van der Waals surface area (Å²) in [6.45, 7) is 2.57. The van der Waals surface area contributed by atoms with Gasteiger partial charge in [0.15, 0.2) is 0 Å². The zero-order valence-electron chi connectivity index (χ0n) is 14.8. The number of likely N-dealkylation sites (tertiary alicyclic amines) is 1. The summed E-state index contributed by atoms with van der Waals surface area (Å²) in [5.41, 5.74) is 0.195. The maximum absolute atomic E-state index is 13.0. The SMILES string of the molecule is FC(F)(F)c1cc(N(C2CC2)C2CCN(Cc3cncnc3)CC2)ncn1. The first-order valence-electron chi connectivity index (χ1n) is 9.14. The average molecular weight is 378 g/mol. The molecular weight excluding hydrogens is 357 g/mol. The number of anilines is 1. The molecule has 0 unspecified atom stereocenters. The van der Waals surface area contributed by atoms with Crippen LogP contribution in [0.15, 0.2) is 31.1 Å². The van der Waals surface area contributed by atoms with Gasteiger partial charge < -0.3 is 4.90 Å². The van der Waals surface area contributed by atoms with Crippen molar-refractivity contribution in [3.63, 3.8) is 0 Å². The van der Waals surface area contributed by atoms with Gasteiger partial charge in [0, 0.05) is 55.7 Å². The van der Waals surface area contributed by atoms with E-state index in [1.54, 1.807) is 0 Å². The summed E-state index contributed by atoms with van der Waals surface area (Å²) in [6.07, 6.45) is 5.53. The summed E-state index contributed by atoms with van der Waals surface area (Å²) in [5, 5.41) is 0. The lowest BCUT2D eigenvalue weighted by Gasteiger charge is -2.39. The molecule has 0 atom stereocenters. The Labute approximate surface area is 155 Å². The zero-order chi connectivity index (χ0) is 18.9. The van der Waals surface area contributed by atoms with Crippen LogP contribution in [-0.2, 0) is 12.7 Å². The topological polar surface area (TPSA) is 58.0 Å². The van der Waals surface area contributed by atoms with Gasteiger partial charge in [-0.3, -0.25) is 4.90 Å². The lowest BCUT2D eigenvalue weighted by molar-refractivity contribution is -0.141. The van der Waals surface area contributed by atoms with Crippen molar-refractivity contribution in [1.29, 1.82) is 0 Å². The second kappa shape index (κ2) is 7.38. The van der Waals surface area contributed by atoms with E-state index in [4.69, 9.17) is 0 Å². The van der Waals surface area contributed by atoms with Gasteiger partial charge in [0.2, 0.25) is 0 Å². The van der Waals surface area contributed by atoms with E-state index in [0.29, 0.717) is 11.9 Å². The van der Waals surface area contributed by atoms with E-state index in [1.165, 1.54) is 6.33 Å². The van der Waals surface area contributed by atoms with E-state index in [9.17, 15) is 13.2 Å². The Morgan fingerprint density at radius 2 is 1.63 bits per heavy atom. The fourth-order valence-corrected chi connectivity index (χ4v) is 3.69. The molecular formula is C18H21F3N6. The van der Waals surface area contributed by atoms with E-state index in [-0.39, 0.29) is 6.04 Å². The highest BCUT2D eigenvalue weighted by Crippen LogP contribution is 2.37. The number of halogens is 3. The number of hydrogen-bond acceptors (Lipinski definition) is 6. The molecule has 1 saturated carbocycles. The van der Waals surface area contributed by atoms with Gasteiger partial charge in [0.25, 0.3) is 0 Å². The number of aromatic nitrogens is 4. The highest BCUT2D eigenvalue weighted by Gasteiger charge is 2.38. The van der Waals surface area contributed by atoms with Crippen molar-refractivity contribution in [3.05, 3.63) is 42.4 Å². The fourth-order valence-electron chi connectivity index (χ4n) is 3.69. The largest absolute Gasteiger partial charge is 0.433 e. The molecule has 0 amide bonds. The Bertz CT molecular complexity index is 757. The van der Waals surface area contributed by atoms with Crippen LogP contribution in [0.2, 0.25) is 0 Å². The average Bonchev–Trinajstić information content (AvgIpc) is 3.49. The minimum absolute atomic E-state index is 0.205. The van der Waals surface area contributed by atoms with Crippen LogP contribution in [0, 0.1) is 0 Å². The van der Waals surface area contributed by atoms with Crippen molar-refractivity contribution in [2.24, 2.45) is 0 Å². The second-order valence-electron chi connectivity index (χ2n) is 7.15. The molecule has 3 heterocycles. The van der Waals surface area contributed by atoms with Gasteiger partial charge in [-0.2, -0.15) is 13.2 Å². The molecule has 1 aliphatic heterocycles. The highest BCUT2D eigenvalue weighted by atomic mass is 19.4. The Morgan fingerprint density at radius 3 is 2.26 bits per heavy atom. The summed E-state index contributed by atoms with van der Waals surface area (Å²) in [6, 6.07) is 1.59. The Balaban J connectivity index is 1.44. The maximum Gasteiger partial charge on any atom is 0.433 e. The van der Waals surface area contributed by atoms with Gasteiger partial charge in [-0.25, -0.2) is 19.9 Å². The van der Waals surface area contributed by atoms with E-state index < -0.39 is 11.9 Å². The number of hydrogen-bond donors (Lipinski definition) is 0. The van der Waals surface area contributed by atoms with Crippen LogP contribution < -0.4 is 4.90 Å². The molecule has 0 spiro atoms. The van der Waals surface area contributed by atoms with Gasteiger partial charge in [0.1, 0.15) is 24.2 Å². The van der Waals surface area contributed by atoms with Crippen molar-refractivity contribution < 1.29 is 13.2 Å². The molecule has 4 rings (SSSR count). The van der Waals surface area contributed by atoms with Gasteiger partial charge in [0.05, 0.1) is 0 Å². The van der Waals surface area contributed by atoms with Crippen LogP contribution in [0.5, 0.6) is 0 Å². The van der Waals surface area contributed by atoms with Gasteiger partial charge in [-0.05, 0) is 25.7 Å². The smallest absolute Gasteiger partial charge is 0.350 e. The molecule has 9 heteroatoms. The van der Waals surface area contributed by atoms with Crippen LogP contribution in [0.25, 0.3) is 0 Å². The Morgan fingerprint density at radius 1 is 0.963 bits per heavy atom. The Kier molecular flexibility index (Phi) is 4.94. The van der Waals surface area contributed by atoms with Crippen molar-refractivity contribution in [3.8, 4) is 0 Å². The molecule has 0 aromatic carbocycles. The molecule has 0 radical (unpaired) electrons. The van der Waals surface area contributed by atoms with Gasteiger partial charge in [-0.15, -0.1) is 0 Å². The predicted octanol–water partition coefficient (Wildman–Crippen LogP) is 2.92. The van der Waals surface area contributed by atoms with Crippen LogP contribution in [0.3, 0.4) is 0 Å². The molecule has 6 nitrogen and oxygen atoms in total. The molecule has 0 bridgehead atoms. The predicted molar refractivity (Wildman–Crippen MR) is 92.9 cm³/mol. The number of rotatable bonds is 5. The lowest BCUT2D eigenvalue weighted by atomic mass is 10.0. The fraction of sp³-hybridized carbons (Fsp3) is 0.556. The third kappa shape index (κ3) is 4.35. The first-order valence-corrected chi connectivity index (χ1v) is 9.14. The molecule has 2 aromatic heterocycles. The summed E-state index contributed by atoms with van der Waals surface area (Å²) >= 11 is 0. The van der Waals surface area contributed by atoms with Crippen molar-refractivity contribution in [1.82, 2.24) is 24.8 Å².